The Morgan fingerprint density at radius 2 is 2.24 bits per heavy atom. The highest BCUT2D eigenvalue weighted by Crippen LogP contribution is 2.23. The molecule has 0 aliphatic carbocycles. The Morgan fingerprint density at radius 1 is 1.48 bits per heavy atom. The predicted octanol–water partition coefficient (Wildman–Crippen LogP) is 2.57. The monoisotopic (exact) mass is 374 g/mol. The number of rotatable bonds is 8. The van der Waals surface area contributed by atoms with E-state index >= 15 is 0 Å². The molecule has 1 saturated heterocycles. The van der Waals surface area contributed by atoms with Gasteiger partial charge in [-0.25, -0.2) is 0 Å². The van der Waals surface area contributed by atoms with Crippen LogP contribution in [0.5, 0.6) is 0 Å². The standard InChI is InChI=1S/C17H30N4O3.ClH/c1-5-23-13(3)17-19-15(24-20-17)11-21(4)16(22)9-12(2)14-7-6-8-18-10-14;/h12-14,18H,5-11H2,1-4H3;1H. The molecule has 7 nitrogen and oxygen atoms in total. The third-order valence-corrected chi connectivity index (χ3v) is 4.70. The number of nitrogens with zero attached hydrogens (tertiary/aromatic N) is 3. The molecule has 144 valence electrons. The minimum atomic E-state index is -0.202. The summed E-state index contributed by atoms with van der Waals surface area (Å²) >= 11 is 0. The zero-order chi connectivity index (χ0) is 17.5. The number of hydrogen-bond acceptors (Lipinski definition) is 6. The Kier molecular flexibility index (Phi) is 9.38. The third-order valence-electron chi connectivity index (χ3n) is 4.70. The van der Waals surface area contributed by atoms with Crippen LogP contribution < -0.4 is 5.32 Å². The van der Waals surface area contributed by atoms with Crippen molar-refractivity contribution in [1.82, 2.24) is 20.4 Å². The molecule has 25 heavy (non-hydrogen) atoms. The van der Waals surface area contributed by atoms with Crippen LogP contribution in [0.25, 0.3) is 0 Å². The van der Waals surface area contributed by atoms with Crippen molar-refractivity contribution >= 4 is 18.3 Å². The van der Waals surface area contributed by atoms with Crippen LogP contribution in [-0.2, 0) is 16.1 Å². The molecule has 0 spiro atoms. The van der Waals surface area contributed by atoms with Gasteiger partial charge in [-0.15, -0.1) is 12.4 Å². The lowest BCUT2D eigenvalue weighted by molar-refractivity contribution is -0.132. The first-order valence-electron chi connectivity index (χ1n) is 8.90. The van der Waals surface area contributed by atoms with Crippen LogP contribution in [0.2, 0.25) is 0 Å². The van der Waals surface area contributed by atoms with Gasteiger partial charge in [-0.2, -0.15) is 4.98 Å². The summed E-state index contributed by atoms with van der Waals surface area (Å²) in [6, 6.07) is 0. The van der Waals surface area contributed by atoms with Crippen LogP contribution >= 0.6 is 12.4 Å². The number of piperidine rings is 1. The highest BCUT2D eigenvalue weighted by atomic mass is 35.5. The summed E-state index contributed by atoms with van der Waals surface area (Å²) < 4.78 is 10.7. The second-order valence-electron chi connectivity index (χ2n) is 6.68. The van der Waals surface area contributed by atoms with Crippen LogP contribution in [0.15, 0.2) is 4.52 Å². The maximum atomic E-state index is 12.4. The molecule has 1 aliphatic heterocycles. The molecule has 1 aromatic rings. The molecule has 8 heteroatoms. The number of halogens is 1. The van der Waals surface area contributed by atoms with Gasteiger partial charge >= 0.3 is 0 Å². The first-order valence-corrected chi connectivity index (χ1v) is 8.90. The molecule has 0 saturated carbocycles. The number of carbonyl (C=O) groups is 1. The van der Waals surface area contributed by atoms with Crippen LogP contribution in [0.4, 0.5) is 0 Å². The fourth-order valence-electron chi connectivity index (χ4n) is 3.08. The van der Waals surface area contributed by atoms with Gasteiger partial charge in [0, 0.05) is 20.1 Å². The Balaban J connectivity index is 0.00000312. The molecular formula is C17H31ClN4O3. The normalized spacial score (nSPS) is 19.8. The fraction of sp³-hybridized carbons (Fsp3) is 0.824. The van der Waals surface area contributed by atoms with E-state index < -0.39 is 0 Å². The van der Waals surface area contributed by atoms with Gasteiger partial charge in [0.05, 0.1) is 6.54 Å². The summed E-state index contributed by atoms with van der Waals surface area (Å²) in [6.45, 7) is 9.01. The predicted molar refractivity (Wildman–Crippen MR) is 97.4 cm³/mol. The summed E-state index contributed by atoms with van der Waals surface area (Å²) in [4.78, 5) is 18.4. The van der Waals surface area contributed by atoms with Gasteiger partial charge in [-0.1, -0.05) is 12.1 Å². The van der Waals surface area contributed by atoms with Gasteiger partial charge < -0.3 is 19.5 Å². The Morgan fingerprint density at radius 3 is 2.88 bits per heavy atom. The highest BCUT2D eigenvalue weighted by molar-refractivity contribution is 5.85. The molecule has 0 bridgehead atoms. The van der Waals surface area contributed by atoms with Crippen molar-refractivity contribution in [3.8, 4) is 0 Å². The van der Waals surface area contributed by atoms with Gasteiger partial charge in [-0.05, 0) is 51.6 Å². The average molecular weight is 375 g/mol. The number of hydrogen-bond donors (Lipinski definition) is 1. The number of carbonyl (C=O) groups excluding carboxylic acids is 1. The maximum Gasteiger partial charge on any atom is 0.246 e. The summed E-state index contributed by atoms with van der Waals surface area (Å²) in [5, 5.41) is 7.34. The largest absolute Gasteiger partial charge is 0.371 e. The van der Waals surface area contributed by atoms with Crippen molar-refractivity contribution < 1.29 is 14.1 Å². The molecule has 0 aromatic carbocycles. The average Bonchev–Trinajstić information content (AvgIpc) is 3.04. The quantitative estimate of drug-likeness (QED) is 0.753. The fourth-order valence-corrected chi connectivity index (χ4v) is 3.08. The van der Waals surface area contributed by atoms with E-state index in [0.29, 0.717) is 43.1 Å². The summed E-state index contributed by atoms with van der Waals surface area (Å²) in [5.41, 5.74) is 0. The van der Waals surface area contributed by atoms with E-state index in [1.807, 2.05) is 13.8 Å². The minimum Gasteiger partial charge on any atom is -0.371 e. The molecule has 3 unspecified atom stereocenters. The van der Waals surface area contributed by atoms with Crippen LogP contribution in [0.1, 0.15) is 57.9 Å². The van der Waals surface area contributed by atoms with Crippen molar-refractivity contribution in [2.75, 3.05) is 26.7 Å². The summed E-state index contributed by atoms with van der Waals surface area (Å²) in [7, 11) is 1.78. The van der Waals surface area contributed by atoms with Crippen molar-refractivity contribution in [3.05, 3.63) is 11.7 Å². The van der Waals surface area contributed by atoms with E-state index in [1.54, 1.807) is 11.9 Å². The smallest absolute Gasteiger partial charge is 0.246 e. The highest BCUT2D eigenvalue weighted by Gasteiger charge is 2.24. The topological polar surface area (TPSA) is 80.5 Å². The van der Waals surface area contributed by atoms with Gasteiger partial charge in [0.15, 0.2) is 5.82 Å². The van der Waals surface area contributed by atoms with E-state index in [9.17, 15) is 4.79 Å². The van der Waals surface area contributed by atoms with Crippen molar-refractivity contribution in [1.29, 1.82) is 0 Å². The zero-order valence-electron chi connectivity index (χ0n) is 15.7. The molecule has 1 amide bonds. The number of nitrogens with one attached hydrogen (secondary N) is 1. The second kappa shape index (κ2) is 10.7. The molecule has 1 aliphatic rings. The van der Waals surface area contributed by atoms with Crippen molar-refractivity contribution in [2.24, 2.45) is 11.8 Å². The number of amides is 1. The van der Waals surface area contributed by atoms with Gasteiger partial charge in [0.25, 0.3) is 0 Å². The second-order valence-corrected chi connectivity index (χ2v) is 6.68. The van der Waals surface area contributed by atoms with E-state index in [1.165, 1.54) is 12.8 Å². The first kappa shape index (κ1) is 21.9. The molecule has 2 rings (SSSR count). The van der Waals surface area contributed by atoms with Gasteiger partial charge in [0.2, 0.25) is 11.8 Å². The Labute approximate surface area is 156 Å². The Hall–Kier alpha value is -1.18. The SMILES string of the molecule is CCOC(C)c1noc(CN(C)C(=O)CC(C)C2CCCNC2)n1.Cl. The Bertz CT molecular complexity index is 520. The molecule has 1 fully saturated rings. The molecule has 3 atom stereocenters. The van der Waals surface area contributed by atoms with Crippen molar-refractivity contribution in [3.63, 3.8) is 0 Å². The zero-order valence-corrected chi connectivity index (χ0v) is 16.5. The van der Waals surface area contributed by atoms with E-state index in [-0.39, 0.29) is 24.4 Å². The van der Waals surface area contributed by atoms with Gasteiger partial charge in [0.1, 0.15) is 6.10 Å². The molecular weight excluding hydrogens is 344 g/mol. The number of aromatic nitrogens is 2. The van der Waals surface area contributed by atoms with Crippen LogP contribution in [-0.4, -0.2) is 47.7 Å². The summed E-state index contributed by atoms with van der Waals surface area (Å²) in [5.74, 6) is 2.04. The van der Waals surface area contributed by atoms with Crippen molar-refractivity contribution in [2.45, 2.75) is 52.7 Å². The van der Waals surface area contributed by atoms with Gasteiger partial charge in [-0.3, -0.25) is 4.79 Å². The molecule has 1 aromatic heterocycles. The van der Waals surface area contributed by atoms with E-state index in [2.05, 4.69) is 22.4 Å². The molecule has 0 radical (unpaired) electrons. The lowest BCUT2D eigenvalue weighted by atomic mass is 9.85. The van der Waals surface area contributed by atoms with E-state index in [0.717, 1.165) is 13.1 Å². The maximum absolute atomic E-state index is 12.4. The van der Waals surface area contributed by atoms with Crippen LogP contribution in [0.3, 0.4) is 0 Å². The van der Waals surface area contributed by atoms with E-state index in [4.69, 9.17) is 9.26 Å². The minimum absolute atomic E-state index is 0. The summed E-state index contributed by atoms with van der Waals surface area (Å²) in [6.07, 6.45) is 2.75. The number of ether oxygens (including phenoxy) is 1. The molecule has 1 N–H and O–H groups in total. The lowest BCUT2D eigenvalue weighted by Crippen LogP contribution is -2.36. The lowest BCUT2D eigenvalue weighted by Gasteiger charge is -2.29. The van der Waals surface area contributed by atoms with Crippen LogP contribution in [0, 0.1) is 11.8 Å². The third kappa shape index (κ3) is 6.56. The molecule has 2 heterocycles. The first-order chi connectivity index (χ1) is 11.5.